The molecule has 0 aromatic heterocycles. The van der Waals surface area contributed by atoms with Gasteiger partial charge in [0.2, 0.25) is 17.4 Å². The Balaban J connectivity index is 1.48. The van der Waals surface area contributed by atoms with Gasteiger partial charge in [0.15, 0.2) is 5.76 Å². The van der Waals surface area contributed by atoms with E-state index in [1.54, 1.807) is 6.20 Å². The van der Waals surface area contributed by atoms with Crippen LogP contribution in [0.25, 0.3) is 0 Å². The summed E-state index contributed by atoms with van der Waals surface area (Å²) >= 11 is 0. The van der Waals surface area contributed by atoms with Crippen LogP contribution >= 0.6 is 0 Å². The molecule has 5 heteroatoms. The first-order valence-corrected chi connectivity index (χ1v) is 12.9. The monoisotopic (exact) mass is 517 g/mol. The summed E-state index contributed by atoms with van der Waals surface area (Å²) in [5.74, 6) is 1.91. The first kappa shape index (κ1) is 25.7. The number of rotatable bonds is 12. The van der Waals surface area contributed by atoms with Crippen molar-refractivity contribution in [3.05, 3.63) is 179 Å². The van der Waals surface area contributed by atoms with Gasteiger partial charge in [-0.3, -0.25) is 0 Å². The fraction of sp³-hybridized carbons (Fsp3) is 0.118. The molecule has 0 saturated heterocycles. The highest BCUT2D eigenvalue weighted by Gasteiger charge is 2.25. The predicted octanol–water partition coefficient (Wildman–Crippen LogP) is 7.35. The Bertz CT molecular complexity index is 1400. The number of allylic oxidation sites excluding steroid dienone is 1. The normalized spacial score (nSPS) is 12.9. The molecule has 0 spiro atoms. The number of benzene rings is 4. The Morgan fingerprint density at radius 2 is 0.795 bits per heavy atom. The first-order chi connectivity index (χ1) is 19.3. The van der Waals surface area contributed by atoms with Crippen LogP contribution < -0.4 is 5.32 Å². The molecule has 0 radical (unpaired) electrons. The lowest BCUT2D eigenvalue weighted by molar-refractivity contribution is 0.0888. The van der Waals surface area contributed by atoms with Gasteiger partial charge in [-0.1, -0.05) is 121 Å². The largest absolute Gasteiger partial charge is 0.485 e. The van der Waals surface area contributed by atoms with Crippen molar-refractivity contribution >= 4 is 0 Å². The molecule has 1 N–H and O–H groups in total. The zero-order valence-corrected chi connectivity index (χ0v) is 21.7. The lowest BCUT2D eigenvalue weighted by Gasteiger charge is -2.20. The van der Waals surface area contributed by atoms with E-state index in [1.165, 1.54) is 0 Å². The third-order valence-corrected chi connectivity index (χ3v) is 6.00. The van der Waals surface area contributed by atoms with Gasteiger partial charge in [-0.15, -0.1) is 0 Å². The molecule has 39 heavy (non-hydrogen) atoms. The van der Waals surface area contributed by atoms with E-state index in [0.717, 1.165) is 22.3 Å². The van der Waals surface area contributed by atoms with Crippen LogP contribution in [0.2, 0.25) is 0 Å². The standard InChI is InChI=1S/C34H31NO4/c1-5-13-27(14-6-1)23-36-31-21-22-35-34(39-26-30-19-11-4-12-20-30)33(38-25-29-17-9-3-10-18-29)32(31)37-24-28-15-7-2-8-16-28/h1-22,35H,23-26H2. The van der Waals surface area contributed by atoms with E-state index < -0.39 is 0 Å². The Morgan fingerprint density at radius 3 is 1.26 bits per heavy atom. The van der Waals surface area contributed by atoms with Crippen molar-refractivity contribution in [2.24, 2.45) is 0 Å². The van der Waals surface area contributed by atoms with E-state index in [2.05, 4.69) is 5.32 Å². The first-order valence-electron chi connectivity index (χ1n) is 12.9. The minimum atomic E-state index is 0.334. The van der Waals surface area contributed by atoms with Crippen molar-refractivity contribution < 1.29 is 18.9 Å². The predicted molar refractivity (Wildman–Crippen MR) is 151 cm³/mol. The maximum absolute atomic E-state index is 6.43. The van der Waals surface area contributed by atoms with Crippen molar-refractivity contribution in [2.45, 2.75) is 26.4 Å². The van der Waals surface area contributed by atoms with E-state index in [1.807, 2.05) is 127 Å². The maximum atomic E-state index is 6.43. The average Bonchev–Trinajstić information content (AvgIpc) is 3.17. The lowest BCUT2D eigenvalue weighted by Crippen LogP contribution is -2.15. The highest BCUT2D eigenvalue weighted by molar-refractivity contribution is 5.35. The van der Waals surface area contributed by atoms with Crippen LogP contribution in [0.5, 0.6) is 0 Å². The van der Waals surface area contributed by atoms with Gasteiger partial charge in [-0.05, 0) is 22.3 Å². The molecule has 4 aromatic rings. The number of ether oxygens (including phenoxy) is 4. The van der Waals surface area contributed by atoms with Crippen molar-refractivity contribution in [1.82, 2.24) is 5.32 Å². The minimum Gasteiger partial charge on any atom is -0.485 e. The van der Waals surface area contributed by atoms with Crippen LogP contribution in [0.3, 0.4) is 0 Å². The van der Waals surface area contributed by atoms with Gasteiger partial charge >= 0.3 is 0 Å². The van der Waals surface area contributed by atoms with Gasteiger partial charge < -0.3 is 24.3 Å². The molecule has 5 rings (SSSR count). The van der Waals surface area contributed by atoms with Gasteiger partial charge in [-0.25, -0.2) is 0 Å². The van der Waals surface area contributed by atoms with E-state index in [4.69, 9.17) is 18.9 Å². The average molecular weight is 518 g/mol. The second-order valence-electron chi connectivity index (χ2n) is 8.93. The van der Waals surface area contributed by atoms with Crippen molar-refractivity contribution in [1.29, 1.82) is 0 Å². The fourth-order valence-corrected chi connectivity index (χ4v) is 3.96. The van der Waals surface area contributed by atoms with E-state index in [9.17, 15) is 0 Å². The molecule has 0 saturated carbocycles. The van der Waals surface area contributed by atoms with Gasteiger partial charge in [0.05, 0.1) is 0 Å². The van der Waals surface area contributed by atoms with Crippen molar-refractivity contribution in [3.8, 4) is 0 Å². The molecule has 5 nitrogen and oxygen atoms in total. The highest BCUT2D eigenvalue weighted by atomic mass is 16.6. The maximum Gasteiger partial charge on any atom is 0.239 e. The molecule has 196 valence electrons. The smallest absolute Gasteiger partial charge is 0.239 e. The SMILES string of the molecule is C1=CC(OCc2ccccc2)=C(OCc2ccccc2)C(OCc2ccccc2)=C(OCc2ccccc2)N1. The second-order valence-corrected chi connectivity index (χ2v) is 8.93. The number of nitrogens with one attached hydrogen (secondary N) is 1. The van der Waals surface area contributed by atoms with Crippen LogP contribution in [0.15, 0.2) is 157 Å². The molecule has 1 aliphatic rings. The molecule has 0 aliphatic carbocycles. The van der Waals surface area contributed by atoms with Crippen LogP contribution in [0, 0.1) is 0 Å². The summed E-state index contributed by atoms with van der Waals surface area (Å²) in [6.45, 7) is 1.42. The Kier molecular flexibility index (Phi) is 8.97. The zero-order valence-electron chi connectivity index (χ0n) is 21.7. The molecule has 0 unspecified atom stereocenters. The summed E-state index contributed by atoms with van der Waals surface area (Å²) in [5, 5.41) is 3.24. The summed E-state index contributed by atoms with van der Waals surface area (Å²) in [5.41, 5.74) is 4.15. The molecule has 0 fully saturated rings. The third-order valence-electron chi connectivity index (χ3n) is 6.00. The third kappa shape index (κ3) is 7.55. The fourth-order valence-electron chi connectivity index (χ4n) is 3.96. The quantitative estimate of drug-likeness (QED) is 0.213. The van der Waals surface area contributed by atoms with Gasteiger partial charge in [0.25, 0.3) is 0 Å². The van der Waals surface area contributed by atoms with Crippen LogP contribution in [-0.2, 0) is 45.4 Å². The van der Waals surface area contributed by atoms with Crippen LogP contribution in [-0.4, -0.2) is 0 Å². The summed E-state index contributed by atoms with van der Waals surface area (Å²) in [4.78, 5) is 0. The van der Waals surface area contributed by atoms with Gasteiger partial charge in [-0.2, -0.15) is 0 Å². The van der Waals surface area contributed by atoms with Crippen LogP contribution in [0.1, 0.15) is 22.3 Å². The second kappa shape index (κ2) is 13.6. The summed E-state index contributed by atoms with van der Waals surface area (Å²) in [6, 6.07) is 40.1. The molecule has 0 atom stereocenters. The Hall–Kier alpha value is -4.90. The Labute approximate surface area is 229 Å². The summed E-state index contributed by atoms with van der Waals surface area (Å²) in [6.07, 6.45) is 3.62. The van der Waals surface area contributed by atoms with Crippen molar-refractivity contribution in [3.63, 3.8) is 0 Å². The zero-order chi connectivity index (χ0) is 26.5. The van der Waals surface area contributed by atoms with E-state index >= 15 is 0 Å². The molecular weight excluding hydrogens is 486 g/mol. The van der Waals surface area contributed by atoms with Gasteiger partial charge in [0.1, 0.15) is 26.4 Å². The molecule has 0 amide bonds. The number of hydrogen-bond acceptors (Lipinski definition) is 5. The van der Waals surface area contributed by atoms with E-state index in [0.29, 0.717) is 49.6 Å². The molecule has 1 aliphatic heterocycles. The minimum absolute atomic E-state index is 0.334. The van der Waals surface area contributed by atoms with Gasteiger partial charge in [0, 0.05) is 12.3 Å². The molecule has 1 heterocycles. The Morgan fingerprint density at radius 1 is 0.410 bits per heavy atom. The molecule has 0 bridgehead atoms. The summed E-state index contributed by atoms with van der Waals surface area (Å²) in [7, 11) is 0. The van der Waals surface area contributed by atoms with E-state index in [-0.39, 0.29) is 0 Å². The number of hydrogen-bond donors (Lipinski definition) is 1. The summed E-state index contributed by atoms with van der Waals surface area (Å²) < 4.78 is 25.4. The molecular formula is C34H31NO4. The highest BCUT2D eigenvalue weighted by Crippen LogP contribution is 2.28. The molecule has 4 aromatic carbocycles. The van der Waals surface area contributed by atoms with Crippen LogP contribution in [0.4, 0.5) is 0 Å². The lowest BCUT2D eigenvalue weighted by atomic mass is 10.2. The topological polar surface area (TPSA) is 49.0 Å². The van der Waals surface area contributed by atoms with Crippen molar-refractivity contribution in [2.75, 3.05) is 0 Å².